The van der Waals surface area contributed by atoms with Crippen LogP contribution in [0.5, 0.6) is 0 Å². The number of rotatable bonds is 4. The first kappa shape index (κ1) is 17.5. The monoisotopic (exact) mass is 356 g/mol. The Bertz CT molecular complexity index is 636. The van der Waals surface area contributed by atoms with Gasteiger partial charge in [0.05, 0.1) is 5.92 Å². The van der Waals surface area contributed by atoms with Crippen LogP contribution in [-0.4, -0.2) is 70.3 Å². The van der Waals surface area contributed by atoms with Crippen LogP contribution in [0.25, 0.3) is 0 Å². The lowest BCUT2D eigenvalue weighted by atomic mass is 10.1. The van der Waals surface area contributed by atoms with Gasteiger partial charge in [0.15, 0.2) is 0 Å². The Morgan fingerprint density at radius 2 is 1.92 bits per heavy atom. The number of piperazine rings is 1. The third kappa shape index (κ3) is 3.75. The van der Waals surface area contributed by atoms with Gasteiger partial charge in [0.25, 0.3) is 0 Å². The molecule has 140 valence electrons. The molecule has 4 rings (SSSR count). The van der Waals surface area contributed by atoms with Crippen molar-refractivity contribution in [1.29, 1.82) is 0 Å². The van der Waals surface area contributed by atoms with E-state index in [2.05, 4.69) is 9.88 Å². The molecule has 1 saturated carbocycles. The van der Waals surface area contributed by atoms with Crippen LogP contribution < -0.4 is 0 Å². The molecule has 0 radical (unpaired) electrons. The van der Waals surface area contributed by atoms with Crippen molar-refractivity contribution in [2.45, 2.75) is 44.7 Å². The smallest absolute Gasteiger partial charge is 0.228 e. The predicted octanol–water partition coefficient (Wildman–Crippen LogP) is 1.52. The number of carbonyl (C=O) groups excluding carboxylic acids is 2. The molecule has 0 bridgehead atoms. The molecule has 3 fully saturated rings. The molecule has 0 aromatic carbocycles. The van der Waals surface area contributed by atoms with Crippen molar-refractivity contribution in [3.8, 4) is 0 Å². The van der Waals surface area contributed by atoms with E-state index in [9.17, 15) is 9.59 Å². The maximum absolute atomic E-state index is 12.9. The van der Waals surface area contributed by atoms with Gasteiger partial charge in [0.1, 0.15) is 0 Å². The Kier molecular flexibility index (Phi) is 5.20. The van der Waals surface area contributed by atoms with Crippen LogP contribution in [0, 0.1) is 5.92 Å². The first-order valence-electron chi connectivity index (χ1n) is 9.90. The minimum absolute atomic E-state index is 0.0804. The molecule has 1 aromatic heterocycles. The maximum atomic E-state index is 12.9. The SMILES string of the molecule is O=C1CC(C(=O)N2CCN(C3CCCC3)CC2)CN1Cc1cccnc1. The molecule has 2 aliphatic heterocycles. The minimum Gasteiger partial charge on any atom is -0.340 e. The van der Waals surface area contributed by atoms with E-state index in [1.165, 1.54) is 25.7 Å². The highest BCUT2D eigenvalue weighted by atomic mass is 16.2. The van der Waals surface area contributed by atoms with Gasteiger partial charge < -0.3 is 9.80 Å². The summed E-state index contributed by atoms with van der Waals surface area (Å²) in [5.74, 6) is 0.0621. The first-order chi connectivity index (χ1) is 12.7. The first-order valence-corrected chi connectivity index (χ1v) is 9.90. The second-order valence-electron chi connectivity index (χ2n) is 7.84. The molecule has 0 N–H and O–H groups in total. The number of carbonyl (C=O) groups is 2. The van der Waals surface area contributed by atoms with Crippen molar-refractivity contribution in [1.82, 2.24) is 19.7 Å². The summed E-state index contributed by atoms with van der Waals surface area (Å²) >= 11 is 0. The summed E-state index contributed by atoms with van der Waals surface area (Å²) in [5, 5.41) is 0. The van der Waals surface area contributed by atoms with Crippen LogP contribution in [0.15, 0.2) is 24.5 Å². The average Bonchev–Trinajstić information content (AvgIpc) is 3.33. The predicted molar refractivity (Wildman–Crippen MR) is 98.2 cm³/mol. The molecule has 26 heavy (non-hydrogen) atoms. The molecule has 1 atom stereocenters. The van der Waals surface area contributed by atoms with E-state index in [1.54, 1.807) is 17.3 Å². The third-order valence-electron chi connectivity index (χ3n) is 6.13. The highest BCUT2D eigenvalue weighted by Gasteiger charge is 2.37. The summed E-state index contributed by atoms with van der Waals surface area (Å²) in [6.07, 6.45) is 9.18. The van der Waals surface area contributed by atoms with Crippen LogP contribution in [-0.2, 0) is 16.1 Å². The summed E-state index contributed by atoms with van der Waals surface area (Å²) in [5.41, 5.74) is 1.01. The number of pyridine rings is 1. The fourth-order valence-electron chi connectivity index (χ4n) is 4.64. The number of amides is 2. The molecular weight excluding hydrogens is 328 g/mol. The van der Waals surface area contributed by atoms with Gasteiger partial charge in [-0.05, 0) is 24.5 Å². The van der Waals surface area contributed by atoms with E-state index >= 15 is 0 Å². The highest BCUT2D eigenvalue weighted by molar-refractivity contribution is 5.89. The molecule has 1 unspecified atom stereocenters. The van der Waals surface area contributed by atoms with Crippen molar-refractivity contribution in [3.63, 3.8) is 0 Å². The Morgan fingerprint density at radius 3 is 2.62 bits per heavy atom. The second-order valence-corrected chi connectivity index (χ2v) is 7.84. The van der Waals surface area contributed by atoms with Gasteiger partial charge in [-0.3, -0.25) is 19.5 Å². The summed E-state index contributed by atoms with van der Waals surface area (Å²) in [7, 11) is 0. The van der Waals surface area contributed by atoms with Gasteiger partial charge >= 0.3 is 0 Å². The molecular formula is C20H28N4O2. The quantitative estimate of drug-likeness (QED) is 0.821. The van der Waals surface area contributed by atoms with Gasteiger partial charge in [-0.2, -0.15) is 0 Å². The van der Waals surface area contributed by atoms with Gasteiger partial charge in [-0.1, -0.05) is 18.9 Å². The van der Waals surface area contributed by atoms with Crippen molar-refractivity contribution in [2.24, 2.45) is 5.92 Å². The van der Waals surface area contributed by atoms with Crippen molar-refractivity contribution in [3.05, 3.63) is 30.1 Å². The Balaban J connectivity index is 1.29. The number of hydrogen-bond donors (Lipinski definition) is 0. The topological polar surface area (TPSA) is 56.8 Å². The van der Waals surface area contributed by atoms with E-state index in [0.717, 1.165) is 37.8 Å². The fraction of sp³-hybridized carbons (Fsp3) is 0.650. The molecule has 0 spiro atoms. The maximum Gasteiger partial charge on any atom is 0.228 e. The number of nitrogens with zero attached hydrogens (tertiary/aromatic N) is 4. The van der Waals surface area contributed by atoms with E-state index in [0.29, 0.717) is 19.5 Å². The van der Waals surface area contributed by atoms with E-state index in [4.69, 9.17) is 0 Å². The van der Waals surface area contributed by atoms with E-state index in [-0.39, 0.29) is 17.7 Å². The molecule has 6 nitrogen and oxygen atoms in total. The Hall–Kier alpha value is -1.95. The summed E-state index contributed by atoms with van der Waals surface area (Å²) in [6, 6.07) is 4.58. The average molecular weight is 356 g/mol. The second kappa shape index (κ2) is 7.74. The summed E-state index contributed by atoms with van der Waals surface area (Å²) < 4.78 is 0. The fourth-order valence-corrected chi connectivity index (χ4v) is 4.64. The number of aromatic nitrogens is 1. The zero-order chi connectivity index (χ0) is 17.9. The van der Waals surface area contributed by atoms with Gasteiger partial charge in [-0.25, -0.2) is 0 Å². The standard InChI is InChI=1S/C20H28N4O2/c25-19-12-17(15-24(19)14-16-4-3-7-21-13-16)20(26)23-10-8-22(9-11-23)18-5-1-2-6-18/h3-4,7,13,17-18H,1-2,5-6,8-12,14-15H2. The third-order valence-corrected chi connectivity index (χ3v) is 6.13. The van der Waals surface area contributed by atoms with Crippen LogP contribution in [0.1, 0.15) is 37.7 Å². The molecule has 6 heteroatoms. The minimum atomic E-state index is -0.183. The Morgan fingerprint density at radius 1 is 1.15 bits per heavy atom. The largest absolute Gasteiger partial charge is 0.340 e. The molecule has 2 amide bonds. The summed E-state index contributed by atoms with van der Waals surface area (Å²) in [6.45, 7) is 4.67. The van der Waals surface area contributed by atoms with E-state index in [1.807, 2.05) is 17.0 Å². The van der Waals surface area contributed by atoms with Crippen molar-refractivity contribution >= 4 is 11.8 Å². The number of likely N-dealkylation sites (tertiary alicyclic amines) is 1. The van der Waals surface area contributed by atoms with Crippen LogP contribution in [0.3, 0.4) is 0 Å². The zero-order valence-corrected chi connectivity index (χ0v) is 15.3. The van der Waals surface area contributed by atoms with Crippen molar-refractivity contribution in [2.75, 3.05) is 32.7 Å². The highest BCUT2D eigenvalue weighted by Crippen LogP contribution is 2.26. The lowest BCUT2D eigenvalue weighted by molar-refractivity contribution is -0.137. The lowest BCUT2D eigenvalue weighted by Crippen LogP contribution is -2.52. The Labute approximate surface area is 155 Å². The van der Waals surface area contributed by atoms with E-state index < -0.39 is 0 Å². The molecule has 1 aromatic rings. The van der Waals surface area contributed by atoms with Gasteiger partial charge in [0.2, 0.25) is 11.8 Å². The summed E-state index contributed by atoms with van der Waals surface area (Å²) in [4.78, 5) is 35.7. The van der Waals surface area contributed by atoms with Crippen LogP contribution >= 0.6 is 0 Å². The molecule has 3 heterocycles. The lowest BCUT2D eigenvalue weighted by Gasteiger charge is -2.38. The zero-order valence-electron chi connectivity index (χ0n) is 15.3. The molecule has 2 saturated heterocycles. The number of hydrogen-bond acceptors (Lipinski definition) is 4. The molecule has 1 aliphatic carbocycles. The van der Waals surface area contributed by atoms with Gasteiger partial charge in [0, 0.05) is 64.1 Å². The van der Waals surface area contributed by atoms with Crippen molar-refractivity contribution < 1.29 is 9.59 Å². The van der Waals surface area contributed by atoms with Crippen LogP contribution in [0.4, 0.5) is 0 Å². The van der Waals surface area contributed by atoms with Gasteiger partial charge in [-0.15, -0.1) is 0 Å². The van der Waals surface area contributed by atoms with Crippen LogP contribution in [0.2, 0.25) is 0 Å². The normalized spacial score (nSPS) is 25.2. The molecule has 3 aliphatic rings.